The van der Waals surface area contributed by atoms with E-state index in [1.165, 1.54) is 4.57 Å². The number of nitrogens with zero attached hydrogens (tertiary/aromatic N) is 5. The van der Waals surface area contributed by atoms with Gasteiger partial charge in [0.15, 0.2) is 5.82 Å². The zero-order valence-corrected chi connectivity index (χ0v) is 16.4. The van der Waals surface area contributed by atoms with Crippen molar-refractivity contribution >= 4 is 39.9 Å². The van der Waals surface area contributed by atoms with Crippen molar-refractivity contribution in [3.63, 3.8) is 0 Å². The molecule has 0 spiro atoms. The fourth-order valence-corrected chi connectivity index (χ4v) is 3.63. The summed E-state index contributed by atoms with van der Waals surface area (Å²) in [6.45, 7) is 1.14. The van der Waals surface area contributed by atoms with Crippen molar-refractivity contribution in [2.45, 2.75) is 13.1 Å². The molecule has 0 aliphatic rings. The Balaban J connectivity index is 1.74. The summed E-state index contributed by atoms with van der Waals surface area (Å²) in [6.07, 6.45) is 0. The minimum Gasteiger partial charge on any atom is -0.295 e. The molecule has 0 radical (unpaired) electrons. The Hall–Kier alpha value is -2.41. The molecular formula is C19H17Cl2N5O. The summed E-state index contributed by atoms with van der Waals surface area (Å²) in [4.78, 5) is 14.6. The lowest BCUT2D eigenvalue weighted by molar-refractivity contribution is 0.310. The van der Waals surface area contributed by atoms with Gasteiger partial charge in [0.1, 0.15) is 0 Å². The summed E-state index contributed by atoms with van der Waals surface area (Å²) in [5, 5.41) is 10.3. The largest absolute Gasteiger partial charge is 0.295 e. The van der Waals surface area contributed by atoms with Gasteiger partial charge in [0.05, 0.1) is 27.5 Å². The van der Waals surface area contributed by atoms with Crippen molar-refractivity contribution < 1.29 is 0 Å². The first-order valence-electron chi connectivity index (χ1n) is 8.40. The van der Waals surface area contributed by atoms with Crippen LogP contribution in [0.3, 0.4) is 0 Å². The van der Waals surface area contributed by atoms with Gasteiger partial charge in [-0.05, 0) is 30.8 Å². The number of halogens is 2. The summed E-state index contributed by atoms with van der Waals surface area (Å²) >= 11 is 12.4. The molecule has 0 saturated heterocycles. The van der Waals surface area contributed by atoms with Crippen LogP contribution in [0.25, 0.3) is 16.7 Å². The minimum absolute atomic E-state index is 0.0869. The second kappa shape index (κ2) is 6.96. The number of aromatic nitrogens is 4. The molecule has 4 aromatic rings. The summed E-state index contributed by atoms with van der Waals surface area (Å²) in [5.74, 6) is 1.26. The molecule has 0 amide bonds. The average Bonchev–Trinajstić information content (AvgIpc) is 3.07. The maximum atomic E-state index is 12.5. The first kappa shape index (κ1) is 18.0. The fraction of sp³-hybridized carbons (Fsp3) is 0.211. The summed E-state index contributed by atoms with van der Waals surface area (Å²) in [7, 11) is 3.68. The van der Waals surface area contributed by atoms with Gasteiger partial charge in [-0.2, -0.15) is 0 Å². The van der Waals surface area contributed by atoms with Crippen LogP contribution in [0.1, 0.15) is 11.4 Å². The molecule has 0 unspecified atom stereocenters. The van der Waals surface area contributed by atoms with Crippen molar-refractivity contribution in [3.8, 4) is 0 Å². The standard InChI is InChI=1S/C19H17Cl2N5O/c1-24(10-12-6-5-8-14(20)17(12)21)11-16-22-23-19-25(2)18(27)13-7-3-4-9-15(13)26(16)19/h3-9H,10-11H2,1-2H3. The molecule has 2 heterocycles. The van der Waals surface area contributed by atoms with E-state index >= 15 is 0 Å². The molecular weight excluding hydrogens is 385 g/mol. The van der Waals surface area contributed by atoms with E-state index in [9.17, 15) is 4.79 Å². The molecule has 0 bridgehead atoms. The van der Waals surface area contributed by atoms with Gasteiger partial charge in [0.25, 0.3) is 5.56 Å². The predicted molar refractivity (Wildman–Crippen MR) is 107 cm³/mol. The molecule has 4 rings (SSSR count). The van der Waals surface area contributed by atoms with Crippen molar-refractivity contribution in [3.05, 3.63) is 74.3 Å². The quantitative estimate of drug-likeness (QED) is 0.524. The van der Waals surface area contributed by atoms with E-state index < -0.39 is 0 Å². The van der Waals surface area contributed by atoms with Gasteiger partial charge in [0.2, 0.25) is 5.78 Å². The number of para-hydroxylation sites is 1. The second-order valence-electron chi connectivity index (χ2n) is 6.52. The summed E-state index contributed by atoms with van der Waals surface area (Å²) in [6, 6.07) is 13.1. The third-order valence-corrected chi connectivity index (χ3v) is 5.43. The van der Waals surface area contributed by atoms with Gasteiger partial charge in [-0.3, -0.25) is 18.7 Å². The van der Waals surface area contributed by atoms with Crippen molar-refractivity contribution in [1.82, 2.24) is 24.1 Å². The topological polar surface area (TPSA) is 55.4 Å². The highest BCUT2D eigenvalue weighted by atomic mass is 35.5. The average molecular weight is 402 g/mol. The first-order chi connectivity index (χ1) is 13.0. The van der Waals surface area contributed by atoms with E-state index in [1.54, 1.807) is 13.1 Å². The zero-order valence-electron chi connectivity index (χ0n) is 14.9. The van der Waals surface area contributed by atoms with E-state index in [0.717, 1.165) is 16.9 Å². The Morgan fingerprint density at radius 2 is 1.81 bits per heavy atom. The molecule has 2 aromatic carbocycles. The number of benzene rings is 2. The van der Waals surface area contributed by atoms with Crippen molar-refractivity contribution in [1.29, 1.82) is 0 Å². The SMILES string of the molecule is CN(Cc1cccc(Cl)c1Cl)Cc1nnc2n(C)c(=O)c3ccccc3n12. The smallest absolute Gasteiger partial charge is 0.262 e. The molecule has 0 fully saturated rings. The van der Waals surface area contributed by atoms with Crippen LogP contribution in [0.2, 0.25) is 10.0 Å². The molecule has 0 atom stereocenters. The van der Waals surface area contributed by atoms with Crippen LogP contribution >= 0.6 is 23.2 Å². The van der Waals surface area contributed by atoms with Crippen LogP contribution in [0.4, 0.5) is 0 Å². The highest BCUT2D eigenvalue weighted by molar-refractivity contribution is 6.42. The third kappa shape index (κ3) is 3.10. The molecule has 8 heteroatoms. The van der Waals surface area contributed by atoms with Crippen LogP contribution in [0.15, 0.2) is 47.3 Å². The molecule has 0 saturated carbocycles. The molecule has 6 nitrogen and oxygen atoms in total. The van der Waals surface area contributed by atoms with Crippen LogP contribution < -0.4 is 5.56 Å². The third-order valence-electron chi connectivity index (χ3n) is 4.58. The van der Waals surface area contributed by atoms with Gasteiger partial charge in [-0.15, -0.1) is 10.2 Å². The monoisotopic (exact) mass is 401 g/mol. The van der Waals surface area contributed by atoms with Crippen LogP contribution in [0.5, 0.6) is 0 Å². The van der Waals surface area contributed by atoms with Gasteiger partial charge in [0, 0.05) is 13.6 Å². The van der Waals surface area contributed by atoms with Crippen molar-refractivity contribution in [2.24, 2.45) is 7.05 Å². The molecule has 2 aromatic heterocycles. The van der Waals surface area contributed by atoms with E-state index in [4.69, 9.17) is 23.2 Å². The van der Waals surface area contributed by atoms with Crippen LogP contribution in [-0.2, 0) is 20.1 Å². The number of hydrogen-bond donors (Lipinski definition) is 0. The number of hydrogen-bond acceptors (Lipinski definition) is 4. The maximum Gasteiger partial charge on any atom is 0.262 e. The van der Waals surface area contributed by atoms with Crippen LogP contribution in [0, 0.1) is 0 Å². The van der Waals surface area contributed by atoms with E-state index in [0.29, 0.717) is 34.3 Å². The first-order valence-corrected chi connectivity index (χ1v) is 9.16. The zero-order chi connectivity index (χ0) is 19.1. The lowest BCUT2D eigenvalue weighted by Crippen LogP contribution is -2.22. The lowest BCUT2D eigenvalue weighted by atomic mass is 10.2. The molecule has 0 aliphatic heterocycles. The maximum absolute atomic E-state index is 12.5. The predicted octanol–water partition coefficient (Wildman–Crippen LogP) is 3.52. The molecule has 0 aliphatic carbocycles. The number of rotatable bonds is 4. The normalized spacial score (nSPS) is 11.7. The van der Waals surface area contributed by atoms with Crippen molar-refractivity contribution in [2.75, 3.05) is 7.05 Å². The number of aryl methyl sites for hydroxylation is 1. The van der Waals surface area contributed by atoms with Gasteiger partial charge < -0.3 is 0 Å². The Kier molecular flexibility index (Phi) is 4.63. The summed E-state index contributed by atoms with van der Waals surface area (Å²) in [5.41, 5.74) is 1.65. The van der Waals surface area contributed by atoms with E-state index in [2.05, 4.69) is 15.1 Å². The molecule has 27 heavy (non-hydrogen) atoms. The Morgan fingerprint density at radius 1 is 1.04 bits per heavy atom. The van der Waals surface area contributed by atoms with E-state index in [1.807, 2.05) is 47.8 Å². The van der Waals surface area contributed by atoms with Crippen LogP contribution in [-0.4, -0.2) is 31.1 Å². The van der Waals surface area contributed by atoms with E-state index in [-0.39, 0.29) is 5.56 Å². The molecule has 138 valence electrons. The summed E-state index contributed by atoms with van der Waals surface area (Å²) < 4.78 is 3.44. The Labute approximate surface area is 165 Å². The fourth-order valence-electron chi connectivity index (χ4n) is 3.25. The lowest BCUT2D eigenvalue weighted by Gasteiger charge is -2.17. The van der Waals surface area contributed by atoms with Gasteiger partial charge in [-0.1, -0.05) is 47.5 Å². The number of fused-ring (bicyclic) bond motifs is 3. The van der Waals surface area contributed by atoms with Gasteiger partial charge in [-0.25, -0.2) is 0 Å². The highest BCUT2D eigenvalue weighted by Crippen LogP contribution is 2.26. The Bertz CT molecular complexity index is 1210. The second-order valence-corrected chi connectivity index (χ2v) is 7.30. The Morgan fingerprint density at radius 3 is 2.63 bits per heavy atom. The minimum atomic E-state index is -0.0869. The molecule has 0 N–H and O–H groups in total. The van der Waals surface area contributed by atoms with Gasteiger partial charge >= 0.3 is 0 Å². The highest BCUT2D eigenvalue weighted by Gasteiger charge is 2.16.